The average Bonchev–Trinajstić information content (AvgIpc) is 2.24. The van der Waals surface area contributed by atoms with E-state index >= 15 is 0 Å². The molecule has 1 fully saturated rings. The van der Waals surface area contributed by atoms with Gasteiger partial charge in [-0.05, 0) is 24.2 Å². The van der Waals surface area contributed by atoms with Crippen LogP contribution in [0.4, 0.5) is 0 Å². The van der Waals surface area contributed by atoms with E-state index in [9.17, 15) is 18.3 Å². The molecule has 1 heterocycles. The van der Waals surface area contributed by atoms with E-state index in [2.05, 4.69) is 4.72 Å². The first kappa shape index (κ1) is 16.4. The van der Waals surface area contributed by atoms with Crippen LogP contribution in [0.15, 0.2) is 0 Å². The largest absolute Gasteiger partial charge is 0.480 e. The van der Waals surface area contributed by atoms with Crippen LogP contribution in [-0.4, -0.2) is 42.9 Å². The molecule has 1 aliphatic heterocycles. The Bertz CT molecular complexity index is 428. The third-order valence-corrected chi connectivity index (χ3v) is 4.88. The minimum absolute atomic E-state index is 0.309. The summed E-state index contributed by atoms with van der Waals surface area (Å²) in [5, 5.41) is 9.18. The summed E-state index contributed by atoms with van der Waals surface area (Å²) in [7, 11) is -3.74. The molecular weight excluding hydrogens is 268 g/mol. The summed E-state index contributed by atoms with van der Waals surface area (Å²) >= 11 is 0. The molecule has 2 N–H and O–H groups in total. The van der Waals surface area contributed by atoms with Crippen molar-refractivity contribution in [2.75, 3.05) is 13.1 Å². The Hall–Kier alpha value is -0.660. The number of rotatable bonds is 4. The maximum absolute atomic E-state index is 12.2. The smallest absolute Gasteiger partial charge is 0.322 e. The third kappa shape index (κ3) is 4.43. The number of aliphatic carboxylic acids is 1. The summed E-state index contributed by atoms with van der Waals surface area (Å²) in [6.07, 6.45) is 1.82. The molecule has 0 radical (unpaired) electrons. The molecule has 0 aliphatic carbocycles. The number of nitrogens with one attached hydrogen (secondary N) is 1. The first-order chi connectivity index (χ1) is 8.54. The van der Waals surface area contributed by atoms with Crippen molar-refractivity contribution in [2.24, 2.45) is 11.3 Å². The molecule has 1 unspecified atom stereocenters. The predicted octanol–water partition coefficient (Wildman–Crippen LogP) is 1.05. The van der Waals surface area contributed by atoms with Crippen molar-refractivity contribution in [2.45, 2.75) is 46.6 Å². The molecule has 0 spiro atoms. The molecule has 0 amide bonds. The van der Waals surface area contributed by atoms with E-state index in [-0.39, 0.29) is 0 Å². The topological polar surface area (TPSA) is 86.7 Å². The zero-order valence-electron chi connectivity index (χ0n) is 12.0. The zero-order chi connectivity index (χ0) is 14.8. The monoisotopic (exact) mass is 292 g/mol. The van der Waals surface area contributed by atoms with E-state index in [1.54, 1.807) is 20.8 Å². The van der Waals surface area contributed by atoms with Crippen molar-refractivity contribution in [3.8, 4) is 0 Å². The van der Waals surface area contributed by atoms with Gasteiger partial charge in [0.15, 0.2) is 0 Å². The fourth-order valence-corrected chi connectivity index (χ4v) is 3.91. The minimum Gasteiger partial charge on any atom is -0.480 e. The van der Waals surface area contributed by atoms with Gasteiger partial charge in [-0.1, -0.05) is 27.7 Å². The summed E-state index contributed by atoms with van der Waals surface area (Å²) in [5.41, 5.74) is -0.680. The van der Waals surface area contributed by atoms with Gasteiger partial charge in [0, 0.05) is 13.1 Å². The van der Waals surface area contributed by atoms with E-state index in [4.69, 9.17) is 0 Å². The predicted molar refractivity (Wildman–Crippen MR) is 72.9 cm³/mol. The van der Waals surface area contributed by atoms with Crippen molar-refractivity contribution < 1.29 is 18.3 Å². The standard InChI is InChI=1S/C12H24N2O4S/c1-9-6-5-7-14(8-9)19(17,18)13-10(11(15)16)12(2,3)4/h9-10,13H,5-8H2,1-4H3,(H,15,16)/t9?,10-/m0/s1. The molecule has 0 aromatic heterocycles. The second-order valence-corrected chi connectivity index (χ2v) is 8.07. The van der Waals surface area contributed by atoms with Crippen LogP contribution in [0.2, 0.25) is 0 Å². The van der Waals surface area contributed by atoms with Gasteiger partial charge in [-0.2, -0.15) is 17.4 Å². The van der Waals surface area contributed by atoms with E-state index in [1.165, 1.54) is 4.31 Å². The van der Waals surface area contributed by atoms with Gasteiger partial charge in [0.1, 0.15) is 6.04 Å². The molecule has 6 nitrogen and oxygen atoms in total. The van der Waals surface area contributed by atoms with Gasteiger partial charge in [0.25, 0.3) is 10.2 Å². The fraction of sp³-hybridized carbons (Fsp3) is 0.917. The van der Waals surface area contributed by atoms with Gasteiger partial charge < -0.3 is 5.11 Å². The van der Waals surface area contributed by atoms with Crippen molar-refractivity contribution in [3.05, 3.63) is 0 Å². The molecule has 1 rings (SSSR count). The molecule has 0 aromatic carbocycles. The van der Waals surface area contributed by atoms with Crippen LogP contribution in [0.3, 0.4) is 0 Å². The molecule has 0 bridgehead atoms. The SMILES string of the molecule is CC1CCCN(S(=O)(=O)N[C@@H](C(=O)O)C(C)(C)C)C1. The lowest BCUT2D eigenvalue weighted by atomic mass is 9.88. The molecule has 7 heteroatoms. The third-order valence-electron chi connectivity index (χ3n) is 3.34. The van der Waals surface area contributed by atoms with Crippen LogP contribution in [0.1, 0.15) is 40.5 Å². The summed E-state index contributed by atoms with van der Waals surface area (Å²) in [6.45, 7) is 8.01. The van der Waals surface area contributed by atoms with Crippen molar-refractivity contribution >= 4 is 16.2 Å². The summed E-state index contributed by atoms with van der Waals surface area (Å²) in [4.78, 5) is 11.2. The van der Waals surface area contributed by atoms with E-state index in [0.717, 1.165) is 12.8 Å². The van der Waals surface area contributed by atoms with Gasteiger partial charge in [-0.3, -0.25) is 4.79 Å². The van der Waals surface area contributed by atoms with E-state index < -0.39 is 27.6 Å². The first-order valence-corrected chi connectivity index (χ1v) is 7.98. The van der Waals surface area contributed by atoms with Gasteiger partial charge in [-0.15, -0.1) is 0 Å². The molecule has 0 saturated carbocycles. The number of piperidine rings is 1. The highest BCUT2D eigenvalue weighted by Gasteiger charge is 2.37. The lowest BCUT2D eigenvalue weighted by molar-refractivity contribution is -0.141. The lowest BCUT2D eigenvalue weighted by Crippen LogP contribution is -2.54. The van der Waals surface area contributed by atoms with Gasteiger partial charge >= 0.3 is 5.97 Å². The highest BCUT2D eigenvalue weighted by Crippen LogP contribution is 2.23. The first-order valence-electron chi connectivity index (χ1n) is 6.54. The van der Waals surface area contributed by atoms with Crippen LogP contribution in [-0.2, 0) is 15.0 Å². The Labute approximate surface area is 115 Å². The lowest BCUT2D eigenvalue weighted by Gasteiger charge is -2.33. The maximum Gasteiger partial charge on any atom is 0.322 e. The molecular formula is C12H24N2O4S. The number of hydrogen-bond donors (Lipinski definition) is 2. The minimum atomic E-state index is -3.74. The van der Waals surface area contributed by atoms with Crippen molar-refractivity contribution in [3.63, 3.8) is 0 Å². The molecule has 1 aliphatic rings. The van der Waals surface area contributed by atoms with Crippen molar-refractivity contribution in [1.82, 2.24) is 9.03 Å². The zero-order valence-corrected chi connectivity index (χ0v) is 12.8. The van der Waals surface area contributed by atoms with Crippen molar-refractivity contribution in [1.29, 1.82) is 0 Å². The highest BCUT2D eigenvalue weighted by molar-refractivity contribution is 7.87. The second-order valence-electron chi connectivity index (χ2n) is 6.37. The Morgan fingerprint density at radius 3 is 2.42 bits per heavy atom. The molecule has 1 saturated heterocycles. The Morgan fingerprint density at radius 1 is 1.42 bits per heavy atom. The Morgan fingerprint density at radius 2 is 2.00 bits per heavy atom. The van der Waals surface area contributed by atoms with Gasteiger partial charge in [0.05, 0.1) is 0 Å². The normalized spacial score (nSPS) is 24.1. The molecule has 2 atom stereocenters. The average molecular weight is 292 g/mol. The summed E-state index contributed by atoms with van der Waals surface area (Å²) in [6, 6.07) is -1.13. The van der Waals surface area contributed by atoms with Crippen LogP contribution >= 0.6 is 0 Å². The number of hydrogen-bond acceptors (Lipinski definition) is 3. The fourth-order valence-electron chi connectivity index (χ4n) is 2.19. The molecule has 19 heavy (non-hydrogen) atoms. The Kier molecular flexibility index (Phi) is 4.97. The van der Waals surface area contributed by atoms with Crippen LogP contribution in [0, 0.1) is 11.3 Å². The summed E-state index contributed by atoms with van der Waals surface area (Å²) in [5.74, 6) is -0.843. The van der Waals surface area contributed by atoms with E-state index in [0.29, 0.717) is 19.0 Å². The van der Waals surface area contributed by atoms with Gasteiger partial charge in [0.2, 0.25) is 0 Å². The quantitative estimate of drug-likeness (QED) is 0.811. The maximum atomic E-state index is 12.2. The number of carbonyl (C=O) groups is 1. The Balaban J connectivity index is 2.85. The highest BCUT2D eigenvalue weighted by atomic mass is 32.2. The second kappa shape index (κ2) is 5.76. The van der Waals surface area contributed by atoms with Gasteiger partial charge in [-0.25, -0.2) is 0 Å². The number of carboxylic acids is 1. The summed E-state index contributed by atoms with van der Waals surface area (Å²) < 4.78 is 28.2. The number of carboxylic acid groups (broad SMARTS) is 1. The molecule has 0 aromatic rings. The van der Waals surface area contributed by atoms with Crippen LogP contribution in [0.25, 0.3) is 0 Å². The van der Waals surface area contributed by atoms with Crippen LogP contribution in [0.5, 0.6) is 0 Å². The molecule has 112 valence electrons. The number of nitrogens with zero attached hydrogens (tertiary/aromatic N) is 1. The van der Waals surface area contributed by atoms with Crippen LogP contribution < -0.4 is 4.72 Å². The van der Waals surface area contributed by atoms with E-state index in [1.807, 2.05) is 6.92 Å².